The van der Waals surface area contributed by atoms with Gasteiger partial charge in [0.2, 0.25) is 0 Å². The van der Waals surface area contributed by atoms with Gasteiger partial charge in [-0.1, -0.05) is 44.2 Å². The lowest BCUT2D eigenvalue weighted by atomic mass is 10.0. The molecule has 0 saturated heterocycles. The highest BCUT2D eigenvalue weighted by molar-refractivity contribution is 5.97. The van der Waals surface area contributed by atoms with Gasteiger partial charge < -0.3 is 19.9 Å². The van der Waals surface area contributed by atoms with E-state index in [4.69, 9.17) is 9.84 Å². The molecule has 3 amide bonds. The molecular weight excluding hydrogens is 422 g/mol. The van der Waals surface area contributed by atoms with E-state index in [9.17, 15) is 24.0 Å². The molecule has 0 aliphatic heterocycles. The summed E-state index contributed by atoms with van der Waals surface area (Å²) in [4.78, 5) is 59.4. The molecule has 1 rings (SSSR count). The van der Waals surface area contributed by atoms with Crippen LogP contribution in [0.15, 0.2) is 42.5 Å². The number of nitrogens with zero attached hydrogens (tertiary/aromatic N) is 1. The van der Waals surface area contributed by atoms with Crippen LogP contribution in [0.2, 0.25) is 0 Å². The van der Waals surface area contributed by atoms with Crippen molar-refractivity contribution in [1.29, 1.82) is 0 Å². The maximum absolute atomic E-state index is 12.6. The molecule has 0 radical (unpaired) electrons. The van der Waals surface area contributed by atoms with Crippen molar-refractivity contribution in [3.8, 4) is 0 Å². The van der Waals surface area contributed by atoms with Gasteiger partial charge in [0.15, 0.2) is 0 Å². The molecule has 0 heterocycles. The van der Waals surface area contributed by atoms with Gasteiger partial charge in [0.1, 0.15) is 19.2 Å². The molecule has 0 spiro atoms. The molecule has 11 nitrogen and oxygen atoms in total. The van der Waals surface area contributed by atoms with Crippen LogP contribution in [0.3, 0.4) is 0 Å². The number of hydrogen-bond acceptors (Lipinski definition) is 7. The van der Waals surface area contributed by atoms with E-state index in [0.717, 1.165) is 17.7 Å². The van der Waals surface area contributed by atoms with Crippen LogP contribution in [0.1, 0.15) is 26.3 Å². The number of benzene rings is 1. The van der Waals surface area contributed by atoms with Gasteiger partial charge in [-0.05, 0) is 18.4 Å². The number of hydrazine groups is 1. The summed E-state index contributed by atoms with van der Waals surface area (Å²) in [6.07, 6.45) is 0.722. The number of carboxylic acids is 1. The average Bonchev–Trinajstić information content (AvgIpc) is 2.74. The van der Waals surface area contributed by atoms with Crippen LogP contribution in [0, 0.1) is 5.92 Å². The fourth-order valence-electron chi connectivity index (χ4n) is 2.36. The summed E-state index contributed by atoms with van der Waals surface area (Å²) >= 11 is 0. The van der Waals surface area contributed by atoms with Crippen molar-refractivity contribution >= 4 is 29.8 Å². The summed E-state index contributed by atoms with van der Waals surface area (Å²) in [5.41, 5.74) is 2.90. The number of carbonyl (C=O) groups excluding carboxylic acids is 4. The van der Waals surface area contributed by atoms with Crippen molar-refractivity contribution in [1.82, 2.24) is 15.8 Å². The van der Waals surface area contributed by atoms with E-state index in [1.807, 2.05) is 6.07 Å². The minimum absolute atomic E-state index is 0.0125. The lowest BCUT2D eigenvalue weighted by Crippen LogP contribution is -2.56. The number of nitrogens with one attached hydrogen (secondary N) is 2. The first-order valence-corrected chi connectivity index (χ1v) is 9.79. The van der Waals surface area contributed by atoms with Crippen molar-refractivity contribution in [2.24, 2.45) is 5.92 Å². The second-order valence-corrected chi connectivity index (χ2v) is 6.81. The third kappa shape index (κ3) is 9.74. The molecule has 0 aliphatic carbocycles. The molecule has 0 fully saturated rings. The largest absolute Gasteiger partial charge is 0.480 e. The van der Waals surface area contributed by atoms with E-state index in [2.05, 4.69) is 15.5 Å². The molecule has 0 aromatic heterocycles. The van der Waals surface area contributed by atoms with Gasteiger partial charge in [-0.3, -0.25) is 19.8 Å². The molecule has 1 aromatic carbocycles. The molecule has 1 atom stereocenters. The van der Waals surface area contributed by atoms with Crippen molar-refractivity contribution in [2.75, 3.05) is 13.2 Å². The van der Waals surface area contributed by atoms with Gasteiger partial charge in [-0.15, -0.1) is 0 Å². The van der Waals surface area contributed by atoms with Crippen molar-refractivity contribution in [3.05, 3.63) is 48.0 Å². The second kappa shape index (κ2) is 13.4. The number of esters is 1. The molecule has 32 heavy (non-hydrogen) atoms. The SMILES string of the molecule is CCOC(=O)/C=C/C(=O)N(CC(=O)O)NC(=O)[C@@H](NC(=O)OCc1ccccc1)C(C)C. The van der Waals surface area contributed by atoms with Gasteiger partial charge in [-0.25, -0.2) is 14.6 Å². The van der Waals surface area contributed by atoms with E-state index in [-0.39, 0.29) is 13.2 Å². The summed E-state index contributed by atoms with van der Waals surface area (Å²) in [5.74, 6) is -4.43. The van der Waals surface area contributed by atoms with E-state index in [1.165, 1.54) is 0 Å². The Morgan fingerprint density at radius 2 is 1.72 bits per heavy atom. The highest BCUT2D eigenvalue weighted by Gasteiger charge is 2.28. The maximum atomic E-state index is 12.6. The smallest absolute Gasteiger partial charge is 0.408 e. The number of hydrogen-bond donors (Lipinski definition) is 3. The van der Waals surface area contributed by atoms with Crippen LogP contribution >= 0.6 is 0 Å². The zero-order chi connectivity index (χ0) is 24.1. The Morgan fingerprint density at radius 3 is 2.28 bits per heavy atom. The summed E-state index contributed by atoms with van der Waals surface area (Å²) in [5, 5.41) is 11.9. The van der Waals surface area contributed by atoms with Crippen molar-refractivity contribution < 1.29 is 38.6 Å². The minimum atomic E-state index is -1.40. The van der Waals surface area contributed by atoms with Gasteiger partial charge in [0.25, 0.3) is 11.8 Å². The third-order valence-corrected chi connectivity index (χ3v) is 3.89. The van der Waals surface area contributed by atoms with E-state index < -0.39 is 48.4 Å². The lowest BCUT2D eigenvalue weighted by molar-refractivity contribution is -0.148. The number of amides is 3. The van der Waals surface area contributed by atoms with Crippen LogP contribution in [-0.4, -0.2) is 59.2 Å². The zero-order valence-electron chi connectivity index (χ0n) is 18.1. The van der Waals surface area contributed by atoms with Crippen LogP contribution in [0.4, 0.5) is 4.79 Å². The van der Waals surface area contributed by atoms with Gasteiger partial charge >= 0.3 is 18.0 Å². The Bertz CT molecular complexity index is 839. The van der Waals surface area contributed by atoms with E-state index >= 15 is 0 Å². The Hall–Kier alpha value is -3.89. The number of aliphatic carboxylic acids is 1. The predicted octanol–water partition coefficient (Wildman–Crippen LogP) is 1.00. The molecule has 3 N–H and O–H groups in total. The second-order valence-electron chi connectivity index (χ2n) is 6.81. The van der Waals surface area contributed by atoms with Crippen molar-refractivity contribution in [2.45, 2.75) is 33.4 Å². The summed E-state index contributed by atoms with van der Waals surface area (Å²) in [7, 11) is 0. The van der Waals surface area contributed by atoms with E-state index in [1.54, 1.807) is 45.0 Å². The highest BCUT2D eigenvalue weighted by atomic mass is 16.5. The van der Waals surface area contributed by atoms with Crippen molar-refractivity contribution in [3.63, 3.8) is 0 Å². The number of carbonyl (C=O) groups is 5. The molecule has 174 valence electrons. The van der Waals surface area contributed by atoms with Gasteiger partial charge in [0.05, 0.1) is 6.61 Å². The number of alkyl carbamates (subject to hydrolysis) is 1. The summed E-state index contributed by atoms with van der Waals surface area (Å²) in [6, 6.07) is 7.78. The van der Waals surface area contributed by atoms with E-state index in [0.29, 0.717) is 5.01 Å². The molecule has 0 unspecified atom stereocenters. The lowest BCUT2D eigenvalue weighted by Gasteiger charge is -2.26. The number of carboxylic acid groups (broad SMARTS) is 1. The Labute approximate surface area is 185 Å². The standard InChI is InChI=1S/C21H27N3O8/c1-4-31-18(28)11-10-16(25)24(12-17(26)27)23-20(29)19(14(2)3)22-21(30)32-13-15-8-6-5-7-9-15/h5-11,14,19H,4,12-13H2,1-3H3,(H,22,30)(H,23,29)(H,26,27)/b11-10+/t19-/m0/s1. The third-order valence-electron chi connectivity index (χ3n) is 3.89. The van der Waals surface area contributed by atoms with Crippen LogP contribution < -0.4 is 10.7 Å². The van der Waals surface area contributed by atoms with Gasteiger partial charge in [-0.2, -0.15) is 0 Å². The maximum Gasteiger partial charge on any atom is 0.408 e. The first-order valence-electron chi connectivity index (χ1n) is 9.79. The molecular formula is C21H27N3O8. The van der Waals surface area contributed by atoms with Crippen LogP contribution in [0.5, 0.6) is 0 Å². The first-order chi connectivity index (χ1) is 15.1. The summed E-state index contributed by atoms with van der Waals surface area (Å²) in [6.45, 7) is 4.07. The molecule has 0 aliphatic rings. The fraction of sp³-hybridized carbons (Fsp3) is 0.381. The molecule has 11 heteroatoms. The monoisotopic (exact) mass is 449 g/mol. The summed E-state index contributed by atoms with van der Waals surface area (Å²) < 4.78 is 9.74. The number of rotatable bonds is 10. The first kappa shape index (κ1) is 26.1. The molecule has 0 bridgehead atoms. The quantitative estimate of drug-likeness (QED) is 0.272. The Morgan fingerprint density at radius 1 is 1.06 bits per heavy atom. The van der Waals surface area contributed by atoms with Crippen LogP contribution in [0.25, 0.3) is 0 Å². The molecule has 1 aromatic rings. The zero-order valence-corrected chi connectivity index (χ0v) is 18.1. The number of ether oxygens (including phenoxy) is 2. The fourth-order valence-corrected chi connectivity index (χ4v) is 2.36. The Balaban J connectivity index is 2.79. The van der Waals surface area contributed by atoms with Gasteiger partial charge in [0, 0.05) is 12.2 Å². The average molecular weight is 449 g/mol. The normalized spacial score (nSPS) is 11.5. The molecule has 0 saturated carbocycles. The topological polar surface area (TPSA) is 151 Å². The van der Waals surface area contributed by atoms with Crippen LogP contribution in [-0.2, 0) is 35.3 Å². The minimum Gasteiger partial charge on any atom is -0.480 e. The highest BCUT2D eigenvalue weighted by Crippen LogP contribution is 2.05. The Kier molecular flexibility index (Phi) is 11.0. The predicted molar refractivity (Wildman–Crippen MR) is 112 cm³/mol.